The Bertz CT molecular complexity index is 639. The van der Waals surface area contributed by atoms with Crippen LogP contribution in [0, 0.1) is 20.8 Å². The Hall–Kier alpha value is -1.63. The van der Waals surface area contributed by atoms with Gasteiger partial charge >= 0.3 is 0 Å². The van der Waals surface area contributed by atoms with Gasteiger partial charge in [-0.2, -0.15) is 0 Å². The number of pyridine rings is 1. The standard InChI is InChI=1S/C20H27N/c1-7-8-20-18(11-12-19(21-20)13(2)3)17-10-9-14(4)15(5)16(17)6/h9-13H,7-8H2,1-6H3. The van der Waals surface area contributed by atoms with E-state index >= 15 is 0 Å². The van der Waals surface area contributed by atoms with Crippen molar-refractivity contribution in [3.8, 4) is 11.1 Å². The summed E-state index contributed by atoms with van der Waals surface area (Å²) in [5.74, 6) is 0.482. The number of aromatic nitrogens is 1. The van der Waals surface area contributed by atoms with Gasteiger partial charge in [0.1, 0.15) is 0 Å². The van der Waals surface area contributed by atoms with Gasteiger partial charge < -0.3 is 0 Å². The number of hydrogen-bond donors (Lipinski definition) is 0. The Balaban J connectivity index is 2.60. The molecule has 0 spiro atoms. The molecule has 0 aliphatic carbocycles. The van der Waals surface area contributed by atoms with Crippen molar-refractivity contribution >= 4 is 0 Å². The zero-order valence-electron chi connectivity index (χ0n) is 14.2. The van der Waals surface area contributed by atoms with Crippen molar-refractivity contribution in [2.75, 3.05) is 0 Å². The van der Waals surface area contributed by atoms with Gasteiger partial charge in [-0.05, 0) is 61.4 Å². The normalized spacial score (nSPS) is 11.2. The Morgan fingerprint density at radius 2 is 1.57 bits per heavy atom. The van der Waals surface area contributed by atoms with Gasteiger partial charge in [0.15, 0.2) is 0 Å². The van der Waals surface area contributed by atoms with Gasteiger partial charge in [0.2, 0.25) is 0 Å². The maximum Gasteiger partial charge on any atom is 0.0485 e. The second kappa shape index (κ2) is 6.43. The topological polar surface area (TPSA) is 12.9 Å². The van der Waals surface area contributed by atoms with Crippen molar-refractivity contribution in [2.24, 2.45) is 0 Å². The molecule has 0 fully saturated rings. The summed E-state index contributed by atoms with van der Waals surface area (Å²) >= 11 is 0. The van der Waals surface area contributed by atoms with Crippen molar-refractivity contribution in [1.82, 2.24) is 4.98 Å². The third-order valence-electron chi connectivity index (χ3n) is 4.42. The van der Waals surface area contributed by atoms with Crippen LogP contribution in [0.25, 0.3) is 11.1 Å². The van der Waals surface area contributed by atoms with Crippen LogP contribution in [0.2, 0.25) is 0 Å². The van der Waals surface area contributed by atoms with Crippen molar-refractivity contribution in [3.05, 3.63) is 52.3 Å². The minimum absolute atomic E-state index is 0.482. The molecule has 1 heteroatoms. The van der Waals surface area contributed by atoms with E-state index in [0.29, 0.717) is 5.92 Å². The van der Waals surface area contributed by atoms with Gasteiger partial charge in [-0.3, -0.25) is 4.98 Å². The molecule has 0 atom stereocenters. The van der Waals surface area contributed by atoms with Crippen LogP contribution in [0.5, 0.6) is 0 Å². The average Bonchev–Trinajstić information content (AvgIpc) is 2.46. The molecule has 0 saturated heterocycles. The number of rotatable bonds is 4. The first-order chi connectivity index (χ1) is 9.95. The summed E-state index contributed by atoms with van der Waals surface area (Å²) < 4.78 is 0. The lowest BCUT2D eigenvalue weighted by Crippen LogP contribution is -2.02. The van der Waals surface area contributed by atoms with Gasteiger partial charge in [0.05, 0.1) is 0 Å². The largest absolute Gasteiger partial charge is 0.257 e. The van der Waals surface area contributed by atoms with Gasteiger partial charge in [0.25, 0.3) is 0 Å². The summed E-state index contributed by atoms with van der Waals surface area (Å²) in [6.07, 6.45) is 2.17. The molecule has 0 saturated carbocycles. The summed E-state index contributed by atoms with van der Waals surface area (Å²) in [7, 11) is 0. The summed E-state index contributed by atoms with van der Waals surface area (Å²) in [4.78, 5) is 4.93. The van der Waals surface area contributed by atoms with Crippen molar-refractivity contribution < 1.29 is 0 Å². The Morgan fingerprint density at radius 3 is 2.19 bits per heavy atom. The molecule has 1 nitrogen and oxygen atoms in total. The first-order valence-electron chi connectivity index (χ1n) is 8.02. The number of aryl methyl sites for hydroxylation is 2. The zero-order chi connectivity index (χ0) is 15.6. The minimum atomic E-state index is 0.482. The molecule has 0 N–H and O–H groups in total. The smallest absolute Gasteiger partial charge is 0.0485 e. The first kappa shape index (κ1) is 15.8. The van der Waals surface area contributed by atoms with E-state index in [2.05, 4.69) is 65.8 Å². The van der Waals surface area contributed by atoms with Crippen LogP contribution >= 0.6 is 0 Å². The monoisotopic (exact) mass is 281 g/mol. The summed E-state index contributed by atoms with van der Waals surface area (Å²) in [6, 6.07) is 8.94. The SMILES string of the molecule is CCCc1nc(C(C)C)ccc1-c1ccc(C)c(C)c1C. The van der Waals surface area contributed by atoms with E-state index in [9.17, 15) is 0 Å². The highest BCUT2D eigenvalue weighted by molar-refractivity contribution is 5.71. The third-order valence-corrected chi connectivity index (χ3v) is 4.42. The van der Waals surface area contributed by atoms with Crippen LogP contribution in [0.3, 0.4) is 0 Å². The quantitative estimate of drug-likeness (QED) is 0.695. The van der Waals surface area contributed by atoms with E-state index in [0.717, 1.165) is 12.8 Å². The molecule has 0 aliphatic heterocycles. The fourth-order valence-electron chi connectivity index (χ4n) is 2.76. The van der Waals surface area contributed by atoms with Gasteiger partial charge in [0, 0.05) is 17.0 Å². The minimum Gasteiger partial charge on any atom is -0.257 e. The van der Waals surface area contributed by atoms with Crippen molar-refractivity contribution in [1.29, 1.82) is 0 Å². The van der Waals surface area contributed by atoms with E-state index in [1.807, 2.05) is 0 Å². The Kier molecular flexibility index (Phi) is 4.82. The Morgan fingerprint density at radius 1 is 0.905 bits per heavy atom. The number of benzene rings is 1. The molecular formula is C20H27N. The second-order valence-corrected chi connectivity index (χ2v) is 6.32. The fourth-order valence-corrected chi connectivity index (χ4v) is 2.76. The Labute approximate surface area is 129 Å². The molecule has 2 rings (SSSR count). The molecule has 0 unspecified atom stereocenters. The van der Waals surface area contributed by atoms with E-state index in [4.69, 9.17) is 4.98 Å². The molecular weight excluding hydrogens is 254 g/mol. The lowest BCUT2D eigenvalue weighted by atomic mass is 9.92. The highest BCUT2D eigenvalue weighted by Crippen LogP contribution is 2.31. The molecule has 0 radical (unpaired) electrons. The van der Waals surface area contributed by atoms with E-state index < -0.39 is 0 Å². The van der Waals surface area contributed by atoms with E-state index in [1.54, 1.807) is 0 Å². The highest BCUT2D eigenvalue weighted by atomic mass is 14.7. The molecule has 1 aromatic carbocycles. The molecule has 1 heterocycles. The number of hydrogen-bond acceptors (Lipinski definition) is 1. The lowest BCUT2D eigenvalue weighted by Gasteiger charge is -2.16. The predicted molar refractivity (Wildman–Crippen MR) is 92.0 cm³/mol. The summed E-state index contributed by atoms with van der Waals surface area (Å²) in [5.41, 5.74) is 9.22. The lowest BCUT2D eigenvalue weighted by molar-refractivity contribution is 0.792. The van der Waals surface area contributed by atoms with Crippen LogP contribution in [-0.2, 0) is 6.42 Å². The predicted octanol–water partition coefficient (Wildman–Crippen LogP) is 5.75. The van der Waals surface area contributed by atoms with Crippen LogP contribution in [-0.4, -0.2) is 4.98 Å². The molecule has 2 aromatic rings. The molecule has 0 aliphatic rings. The van der Waals surface area contributed by atoms with Crippen LogP contribution in [0.15, 0.2) is 24.3 Å². The molecule has 0 bridgehead atoms. The first-order valence-corrected chi connectivity index (χ1v) is 8.02. The van der Waals surface area contributed by atoms with Gasteiger partial charge in [-0.15, -0.1) is 0 Å². The summed E-state index contributed by atoms with van der Waals surface area (Å²) in [5, 5.41) is 0. The molecule has 0 amide bonds. The molecule has 1 aromatic heterocycles. The van der Waals surface area contributed by atoms with Gasteiger partial charge in [-0.1, -0.05) is 45.4 Å². The fraction of sp³-hybridized carbons (Fsp3) is 0.450. The number of nitrogens with zero attached hydrogens (tertiary/aromatic N) is 1. The van der Waals surface area contributed by atoms with Crippen LogP contribution in [0.4, 0.5) is 0 Å². The maximum atomic E-state index is 4.93. The summed E-state index contributed by atoms with van der Waals surface area (Å²) in [6.45, 7) is 13.3. The van der Waals surface area contributed by atoms with Gasteiger partial charge in [-0.25, -0.2) is 0 Å². The van der Waals surface area contributed by atoms with Crippen LogP contribution in [0.1, 0.15) is 61.2 Å². The molecule has 112 valence electrons. The van der Waals surface area contributed by atoms with Crippen LogP contribution < -0.4 is 0 Å². The molecule has 21 heavy (non-hydrogen) atoms. The maximum absolute atomic E-state index is 4.93. The van der Waals surface area contributed by atoms with E-state index in [-0.39, 0.29) is 0 Å². The second-order valence-electron chi connectivity index (χ2n) is 6.32. The highest BCUT2D eigenvalue weighted by Gasteiger charge is 2.13. The average molecular weight is 281 g/mol. The van der Waals surface area contributed by atoms with E-state index in [1.165, 1.54) is 39.2 Å². The third kappa shape index (κ3) is 3.18. The zero-order valence-corrected chi connectivity index (χ0v) is 14.2. The van der Waals surface area contributed by atoms with Crippen molar-refractivity contribution in [2.45, 2.75) is 60.3 Å². The van der Waals surface area contributed by atoms with Crippen molar-refractivity contribution in [3.63, 3.8) is 0 Å².